The average Bonchev–Trinajstić information content (AvgIpc) is 2.06. The Balaban J connectivity index is 0.000000226. The van der Waals surface area contributed by atoms with Crippen molar-refractivity contribution < 1.29 is 15.0 Å². The maximum Gasteiger partial charge on any atom is 0.132 e. The summed E-state index contributed by atoms with van der Waals surface area (Å²) < 4.78 is 0. The van der Waals surface area contributed by atoms with Crippen LogP contribution in [0.25, 0.3) is 0 Å². The molecule has 0 saturated heterocycles. The lowest BCUT2D eigenvalue weighted by atomic mass is 10.00. The molecule has 0 aromatic heterocycles. The fourth-order valence-electron chi connectivity index (χ4n) is 1.13. The Morgan fingerprint density at radius 2 is 1.85 bits per heavy atom. The van der Waals surface area contributed by atoms with Crippen molar-refractivity contribution in [2.75, 3.05) is 6.61 Å². The number of aliphatic hydroxyl groups excluding tert-OH is 2. The molecular weight excluding hydrogens is 168 g/mol. The predicted molar refractivity (Wildman–Crippen MR) is 51.5 cm³/mol. The molecule has 1 unspecified atom stereocenters. The van der Waals surface area contributed by atoms with E-state index in [-0.39, 0.29) is 12.7 Å². The maximum atomic E-state index is 10.5. The van der Waals surface area contributed by atoms with E-state index in [9.17, 15) is 4.79 Å². The summed E-state index contributed by atoms with van der Waals surface area (Å²) in [6, 6.07) is 0. The van der Waals surface area contributed by atoms with Crippen molar-refractivity contribution in [2.45, 2.75) is 51.6 Å². The van der Waals surface area contributed by atoms with Crippen molar-refractivity contribution in [1.29, 1.82) is 0 Å². The first-order valence-corrected chi connectivity index (χ1v) is 4.97. The highest BCUT2D eigenvalue weighted by Crippen LogP contribution is 2.12. The van der Waals surface area contributed by atoms with E-state index in [0.717, 1.165) is 25.7 Å². The van der Waals surface area contributed by atoms with Gasteiger partial charge in [-0.25, -0.2) is 0 Å². The monoisotopic (exact) mass is 188 g/mol. The fraction of sp³-hybridized carbons (Fsp3) is 0.900. The van der Waals surface area contributed by atoms with Crippen molar-refractivity contribution in [3.05, 3.63) is 0 Å². The summed E-state index contributed by atoms with van der Waals surface area (Å²) in [7, 11) is 0. The molecule has 1 atom stereocenters. The van der Waals surface area contributed by atoms with E-state index >= 15 is 0 Å². The number of hydrogen-bond donors (Lipinski definition) is 2. The highest BCUT2D eigenvalue weighted by atomic mass is 16.3. The van der Waals surface area contributed by atoms with E-state index < -0.39 is 0 Å². The van der Waals surface area contributed by atoms with E-state index in [2.05, 4.69) is 0 Å². The summed E-state index contributed by atoms with van der Waals surface area (Å²) in [4.78, 5) is 10.5. The molecule has 3 nitrogen and oxygen atoms in total. The molecule has 0 aliphatic heterocycles. The van der Waals surface area contributed by atoms with Crippen LogP contribution < -0.4 is 0 Å². The zero-order valence-corrected chi connectivity index (χ0v) is 8.33. The summed E-state index contributed by atoms with van der Waals surface area (Å²) in [6.45, 7) is 1.73. The largest absolute Gasteiger partial charge is 0.396 e. The van der Waals surface area contributed by atoms with Gasteiger partial charge in [0.1, 0.15) is 5.78 Å². The van der Waals surface area contributed by atoms with E-state index in [1.54, 1.807) is 6.92 Å². The van der Waals surface area contributed by atoms with Crippen LogP contribution in [0.5, 0.6) is 0 Å². The minimum atomic E-state index is -0.352. The molecule has 1 rings (SSSR count). The van der Waals surface area contributed by atoms with Gasteiger partial charge in [-0.1, -0.05) is 6.42 Å². The van der Waals surface area contributed by atoms with Gasteiger partial charge < -0.3 is 10.2 Å². The summed E-state index contributed by atoms with van der Waals surface area (Å²) in [5.41, 5.74) is 0. The van der Waals surface area contributed by atoms with E-state index in [1.807, 2.05) is 0 Å². The van der Waals surface area contributed by atoms with Crippen LogP contribution in [0.3, 0.4) is 0 Å². The summed E-state index contributed by atoms with van der Waals surface area (Å²) in [5.74, 6) is 0.464. The van der Waals surface area contributed by atoms with Crippen LogP contribution in [0.15, 0.2) is 0 Å². The van der Waals surface area contributed by atoms with Crippen LogP contribution in [-0.2, 0) is 4.79 Å². The van der Waals surface area contributed by atoms with Crippen molar-refractivity contribution in [3.8, 4) is 0 Å². The smallest absolute Gasteiger partial charge is 0.132 e. The predicted octanol–water partition coefficient (Wildman–Crippen LogP) is 1.27. The number of ketones is 1. The third-order valence-electron chi connectivity index (χ3n) is 1.96. The third kappa shape index (κ3) is 9.50. The first-order chi connectivity index (χ1) is 6.16. The van der Waals surface area contributed by atoms with Gasteiger partial charge >= 0.3 is 0 Å². The standard InChI is InChI=1S/C6H10O.C4H10O2/c7-6-4-2-1-3-5-6;1-4(6)2-3-5/h1-5H2;4-6H,2-3H2,1H3. The molecule has 0 aromatic carbocycles. The fourth-order valence-corrected chi connectivity index (χ4v) is 1.13. The number of aliphatic hydroxyl groups is 2. The Kier molecular flexibility index (Phi) is 7.94. The molecule has 3 heteroatoms. The maximum absolute atomic E-state index is 10.5. The molecule has 13 heavy (non-hydrogen) atoms. The minimum Gasteiger partial charge on any atom is -0.396 e. The first-order valence-electron chi connectivity index (χ1n) is 4.97. The Morgan fingerprint density at radius 1 is 1.31 bits per heavy atom. The second kappa shape index (κ2) is 8.20. The second-order valence-electron chi connectivity index (χ2n) is 3.46. The quantitative estimate of drug-likeness (QED) is 0.686. The summed E-state index contributed by atoms with van der Waals surface area (Å²) in [6.07, 6.45) is 5.37. The SMILES string of the molecule is CC(O)CCO.O=C1CCCCC1. The zero-order chi connectivity index (χ0) is 10.1. The molecule has 0 heterocycles. The number of carbonyl (C=O) groups excluding carboxylic acids is 1. The lowest BCUT2D eigenvalue weighted by Crippen LogP contribution is -2.02. The highest BCUT2D eigenvalue weighted by Gasteiger charge is 2.05. The Morgan fingerprint density at radius 3 is 2.00 bits per heavy atom. The van der Waals surface area contributed by atoms with E-state index in [1.165, 1.54) is 6.42 Å². The molecule has 1 aliphatic carbocycles. The summed E-state index contributed by atoms with van der Waals surface area (Å²) >= 11 is 0. The lowest BCUT2D eigenvalue weighted by molar-refractivity contribution is -0.120. The number of hydrogen-bond acceptors (Lipinski definition) is 3. The average molecular weight is 188 g/mol. The molecule has 2 N–H and O–H groups in total. The molecular formula is C10H20O3. The number of rotatable bonds is 2. The highest BCUT2D eigenvalue weighted by molar-refractivity contribution is 5.78. The molecule has 1 saturated carbocycles. The molecule has 0 amide bonds. The zero-order valence-electron chi connectivity index (χ0n) is 8.33. The lowest BCUT2D eigenvalue weighted by Gasteiger charge is -2.05. The molecule has 0 aromatic rings. The third-order valence-corrected chi connectivity index (χ3v) is 1.96. The first kappa shape index (κ1) is 12.6. The molecule has 1 aliphatic rings. The van der Waals surface area contributed by atoms with Crippen LogP contribution in [-0.4, -0.2) is 28.7 Å². The van der Waals surface area contributed by atoms with Crippen LogP contribution in [0.1, 0.15) is 45.4 Å². The molecule has 78 valence electrons. The van der Waals surface area contributed by atoms with Gasteiger partial charge in [0.05, 0.1) is 6.10 Å². The molecule has 1 fully saturated rings. The van der Waals surface area contributed by atoms with Crippen LogP contribution in [0, 0.1) is 0 Å². The van der Waals surface area contributed by atoms with Gasteiger partial charge in [0.25, 0.3) is 0 Å². The van der Waals surface area contributed by atoms with Gasteiger partial charge in [0.15, 0.2) is 0 Å². The second-order valence-corrected chi connectivity index (χ2v) is 3.46. The van der Waals surface area contributed by atoms with Gasteiger partial charge in [-0.05, 0) is 26.2 Å². The van der Waals surface area contributed by atoms with Gasteiger partial charge in [-0.3, -0.25) is 4.79 Å². The molecule has 0 bridgehead atoms. The van der Waals surface area contributed by atoms with E-state index in [4.69, 9.17) is 10.2 Å². The van der Waals surface area contributed by atoms with Crippen molar-refractivity contribution >= 4 is 5.78 Å². The van der Waals surface area contributed by atoms with Crippen LogP contribution in [0.4, 0.5) is 0 Å². The normalized spacial score (nSPS) is 18.8. The van der Waals surface area contributed by atoms with E-state index in [0.29, 0.717) is 12.2 Å². The molecule has 0 spiro atoms. The number of carbonyl (C=O) groups is 1. The topological polar surface area (TPSA) is 57.5 Å². The van der Waals surface area contributed by atoms with Crippen LogP contribution >= 0.6 is 0 Å². The van der Waals surface area contributed by atoms with Gasteiger partial charge in [-0.15, -0.1) is 0 Å². The van der Waals surface area contributed by atoms with Gasteiger partial charge in [0.2, 0.25) is 0 Å². The summed E-state index contributed by atoms with van der Waals surface area (Å²) in [5, 5.41) is 16.5. The van der Waals surface area contributed by atoms with Crippen molar-refractivity contribution in [3.63, 3.8) is 0 Å². The Hall–Kier alpha value is -0.410. The minimum absolute atomic E-state index is 0.0810. The number of Topliss-reactive ketones (excluding diaryl/α,β-unsaturated/α-hetero) is 1. The Labute approximate surface area is 79.8 Å². The van der Waals surface area contributed by atoms with Gasteiger partial charge in [-0.2, -0.15) is 0 Å². The van der Waals surface area contributed by atoms with Gasteiger partial charge in [0, 0.05) is 19.4 Å². The van der Waals surface area contributed by atoms with Crippen molar-refractivity contribution in [2.24, 2.45) is 0 Å². The van der Waals surface area contributed by atoms with Crippen molar-refractivity contribution in [1.82, 2.24) is 0 Å². The molecule has 0 radical (unpaired) electrons. The van der Waals surface area contributed by atoms with Crippen LogP contribution in [0.2, 0.25) is 0 Å². The Bertz CT molecular complexity index is 124.